The van der Waals surface area contributed by atoms with Gasteiger partial charge in [0.05, 0.1) is 6.20 Å². The number of nitrogen functional groups attached to an aromatic ring is 1. The normalized spacial score (nSPS) is 24.8. The maximum Gasteiger partial charge on any atom is 0.239 e. The second-order valence-corrected chi connectivity index (χ2v) is 5.10. The second kappa shape index (κ2) is 5.06. The molecule has 0 spiro atoms. The summed E-state index contributed by atoms with van der Waals surface area (Å²) >= 11 is 6.16. The lowest BCUT2D eigenvalue weighted by atomic mass is 9.95. The fraction of sp³-hybridized carbons (Fsp3) is 0.636. The van der Waals surface area contributed by atoms with E-state index < -0.39 is 0 Å². The number of anilines is 2. The zero-order chi connectivity index (χ0) is 12.4. The summed E-state index contributed by atoms with van der Waals surface area (Å²) in [7, 11) is 0. The standard InChI is InChI=1S/C11H18ClN5/c1-7-3-4-8(2)17(6-7)10-9(12)5-14-11(15-10)16-13/h5,7-8H,3-4,6,13H2,1-2H3,(H,14,15,16). The summed E-state index contributed by atoms with van der Waals surface area (Å²) in [5.74, 6) is 7.15. The number of halogens is 1. The van der Waals surface area contributed by atoms with Crippen LogP contribution < -0.4 is 16.2 Å². The molecule has 2 unspecified atom stereocenters. The lowest BCUT2D eigenvalue weighted by Crippen LogP contribution is -2.41. The Balaban J connectivity index is 2.30. The first kappa shape index (κ1) is 12.4. The van der Waals surface area contributed by atoms with Gasteiger partial charge >= 0.3 is 0 Å². The minimum absolute atomic E-state index is 0.398. The first-order chi connectivity index (χ1) is 8.11. The summed E-state index contributed by atoms with van der Waals surface area (Å²) in [5, 5.41) is 0.574. The molecular formula is C11H18ClN5. The number of hydrazine groups is 1. The van der Waals surface area contributed by atoms with Crippen LogP contribution in [0.5, 0.6) is 0 Å². The number of aromatic nitrogens is 2. The summed E-state index contributed by atoms with van der Waals surface area (Å²) < 4.78 is 0. The van der Waals surface area contributed by atoms with Crippen LogP contribution in [0.15, 0.2) is 6.20 Å². The first-order valence-corrected chi connectivity index (χ1v) is 6.25. The van der Waals surface area contributed by atoms with E-state index in [0.29, 0.717) is 22.9 Å². The van der Waals surface area contributed by atoms with Crippen LogP contribution in [0.4, 0.5) is 11.8 Å². The van der Waals surface area contributed by atoms with Gasteiger partial charge in [-0.15, -0.1) is 0 Å². The number of nitrogens with zero attached hydrogens (tertiary/aromatic N) is 3. The molecule has 0 aliphatic carbocycles. The van der Waals surface area contributed by atoms with Crippen LogP contribution in [0, 0.1) is 5.92 Å². The van der Waals surface area contributed by atoms with Gasteiger partial charge in [-0.2, -0.15) is 4.98 Å². The monoisotopic (exact) mass is 255 g/mol. The van der Waals surface area contributed by atoms with Crippen molar-refractivity contribution in [2.45, 2.75) is 32.7 Å². The fourth-order valence-corrected chi connectivity index (χ4v) is 2.41. The van der Waals surface area contributed by atoms with Crippen LogP contribution in [0.25, 0.3) is 0 Å². The Morgan fingerprint density at radius 1 is 1.47 bits per heavy atom. The molecule has 94 valence electrons. The molecule has 1 aliphatic heterocycles. The maximum absolute atomic E-state index is 6.16. The number of nitrogens with two attached hydrogens (primary N) is 1. The molecule has 2 atom stereocenters. The number of hydrogen-bond acceptors (Lipinski definition) is 5. The predicted molar refractivity (Wildman–Crippen MR) is 70.1 cm³/mol. The van der Waals surface area contributed by atoms with Gasteiger partial charge in [-0.25, -0.2) is 10.8 Å². The predicted octanol–water partition coefficient (Wildman–Crippen LogP) is 2.04. The SMILES string of the molecule is CC1CCC(C)N(c2nc(NN)ncc2Cl)C1. The van der Waals surface area contributed by atoms with Gasteiger partial charge in [0.15, 0.2) is 5.82 Å². The van der Waals surface area contributed by atoms with Crippen LogP contribution in [0.2, 0.25) is 5.02 Å². The molecule has 0 amide bonds. The molecule has 0 saturated carbocycles. The Labute approximate surface area is 106 Å². The van der Waals surface area contributed by atoms with Crippen molar-refractivity contribution >= 4 is 23.4 Å². The molecule has 0 bridgehead atoms. The Kier molecular flexibility index (Phi) is 3.69. The van der Waals surface area contributed by atoms with Gasteiger partial charge in [0.2, 0.25) is 5.95 Å². The van der Waals surface area contributed by atoms with Crippen molar-refractivity contribution in [3.05, 3.63) is 11.2 Å². The third kappa shape index (κ3) is 2.61. The number of piperidine rings is 1. The average Bonchev–Trinajstić information content (AvgIpc) is 2.33. The molecule has 3 N–H and O–H groups in total. The van der Waals surface area contributed by atoms with Gasteiger partial charge in [0.1, 0.15) is 5.02 Å². The maximum atomic E-state index is 6.16. The van der Waals surface area contributed by atoms with Gasteiger partial charge in [-0.1, -0.05) is 18.5 Å². The number of nitrogens with one attached hydrogen (secondary N) is 1. The zero-order valence-electron chi connectivity index (χ0n) is 10.2. The van der Waals surface area contributed by atoms with Gasteiger partial charge in [0.25, 0.3) is 0 Å². The van der Waals surface area contributed by atoms with Crippen LogP contribution in [-0.2, 0) is 0 Å². The van der Waals surface area contributed by atoms with E-state index in [1.54, 1.807) is 6.20 Å². The van der Waals surface area contributed by atoms with Crippen molar-refractivity contribution < 1.29 is 0 Å². The highest BCUT2D eigenvalue weighted by atomic mass is 35.5. The lowest BCUT2D eigenvalue weighted by Gasteiger charge is -2.38. The van der Waals surface area contributed by atoms with Crippen LogP contribution in [0.3, 0.4) is 0 Å². The Bertz CT molecular complexity index is 397. The summed E-state index contributed by atoms with van der Waals surface area (Å²) in [6.45, 7) is 5.41. The lowest BCUT2D eigenvalue weighted by molar-refractivity contribution is 0.388. The quantitative estimate of drug-likeness (QED) is 0.625. The van der Waals surface area contributed by atoms with Crippen molar-refractivity contribution in [1.29, 1.82) is 0 Å². The molecule has 0 radical (unpaired) electrons. The molecule has 2 heterocycles. The molecule has 1 aromatic heterocycles. The smallest absolute Gasteiger partial charge is 0.239 e. The van der Waals surface area contributed by atoms with E-state index in [1.165, 1.54) is 6.42 Å². The van der Waals surface area contributed by atoms with E-state index in [-0.39, 0.29) is 0 Å². The number of hydrogen-bond donors (Lipinski definition) is 2. The minimum atomic E-state index is 0.398. The summed E-state index contributed by atoms with van der Waals surface area (Å²) in [5.41, 5.74) is 2.45. The fourth-order valence-electron chi connectivity index (χ4n) is 2.21. The number of rotatable bonds is 2. The van der Waals surface area contributed by atoms with Crippen molar-refractivity contribution in [2.75, 3.05) is 16.9 Å². The van der Waals surface area contributed by atoms with Crippen LogP contribution >= 0.6 is 11.6 Å². The van der Waals surface area contributed by atoms with E-state index in [1.807, 2.05) is 0 Å². The molecule has 1 fully saturated rings. The van der Waals surface area contributed by atoms with Gasteiger partial charge in [0, 0.05) is 12.6 Å². The largest absolute Gasteiger partial charge is 0.352 e. The molecule has 1 aromatic rings. The minimum Gasteiger partial charge on any atom is -0.352 e. The summed E-state index contributed by atoms with van der Waals surface area (Å²) in [6, 6.07) is 0.448. The van der Waals surface area contributed by atoms with Crippen molar-refractivity contribution in [3.8, 4) is 0 Å². The third-order valence-corrected chi connectivity index (χ3v) is 3.51. The van der Waals surface area contributed by atoms with Crippen LogP contribution in [-0.4, -0.2) is 22.6 Å². The molecule has 1 aliphatic rings. The molecular weight excluding hydrogens is 238 g/mol. The Morgan fingerprint density at radius 3 is 2.94 bits per heavy atom. The van der Waals surface area contributed by atoms with E-state index in [9.17, 15) is 0 Å². The molecule has 0 aromatic carbocycles. The van der Waals surface area contributed by atoms with Crippen LogP contribution in [0.1, 0.15) is 26.7 Å². The zero-order valence-corrected chi connectivity index (χ0v) is 10.9. The van der Waals surface area contributed by atoms with Gasteiger partial charge in [-0.05, 0) is 25.7 Å². The van der Waals surface area contributed by atoms with E-state index >= 15 is 0 Å². The average molecular weight is 256 g/mol. The second-order valence-electron chi connectivity index (χ2n) is 4.69. The highest BCUT2D eigenvalue weighted by molar-refractivity contribution is 6.32. The van der Waals surface area contributed by atoms with E-state index in [4.69, 9.17) is 17.4 Å². The molecule has 1 saturated heterocycles. The summed E-state index contributed by atoms with van der Waals surface area (Å²) in [6.07, 6.45) is 4.00. The molecule has 6 heteroatoms. The van der Waals surface area contributed by atoms with E-state index in [2.05, 4.69) is 34.1 Å². The van der Waals surface area contributed by atoms with Crippen molar-refractivity contribution in [3.63, 3.8) is 0 Å². The highest BCUT2D eigenvalue weighted by Gasteiger charge is 2.25. The van der Waals surface area contributed by atoms with E-state index in [0.717, 1.165) is 18.8 Å². The third-order valence-electron chi connectivity index (χ3n) is 3.24. The van der Waals surface area contributed by atoms with Crippen molar-refractivity contribution in [1.82, 2.24) is 9.97 Å². The summed E-state index contributed by atoms with van der Waals surface area (Å²) in [4.78, 5) is 10.6. The van der Waals surface area contributed by atoms with Gasteiger partial charge < -0.3 is 4.90 Å². The molecule has 2 rings (SSSR count). The molecule has 5 nitrogen and oxygen atoms in total. The molecule has 17 heavy (non-hydrogen) atoms. The first-order valence-electron chi connectivity index (χ1n) is 5.87. The Morgan fingerprint density at radius 2 is 2.24 bits per heavy atom. The van der Waals surface area contributed by atoms with Crippen molar-refractivity contribution in [2.24, 2.45) is 11.8 Å². The topological polar surface area (TPSA) is 67.1 Å². The highest BCUT2D eigenvalue weighted by Crippen LogP contribution is 2.31. The van der Waals surface area contributed by atoms with Gasteiger partial charge in [-0.3, -0.25) is 5.43 Å². The Hall–Kier alpha value is -1.07.